The molecule has 0 amide bonds. The maximum atomic E-state index is 12.6. The molecule has 0 aliphatic carbocycles. The summed E-state index contributed by atoms with van der Waals surface area (Å²) in [6.45, 7) is 6.67. The van der Waals surface area contributed by atoms with Crippen molar-refractivity contribution in [1.82, 2.24) is 0 Å². The lowest BCUT2D eigenvalue weighted by molar-refractivity contribution is -0.279. The average Bonchev–Trinajstić information content (AvgIpc) is 2.77. The molecule has 1 aromatic rings. The van der Waals surface area contributed by atoms with Gasteiger partial charge in [0.15, 0.2) is 6.10 Å². The van der Waals surface area contributed by atoms with E-state index in [1.54, 1.807) is 38.1 Å². The zero-order valence-electron chi connectivity index (χ0n) is 20.1. The van der Waals surface area contributed by atoms with Gasteiger partial charge >= 0.3 is 23.9 Å². The van der Waals surface area contributed by atoms with E-state index in [1.165, 1.54) is 26.8 Å². The highest BCUT2D eigenvalue weighted by atomic mass is 35.5. The molecule has 0 aromatic heterocycles. The van der Waals surface area contributed by atoms with Crippen LogP contribution in [0.2, 0.25) is 5.02 Å². The van der Waals surface area contributed by atoms with E-state index in [9.17, 15) is 19.2 Å². The Kier molecular flexibility index (Phi) is 10.5. The molecule has 0 bridgehead atoms. The summed E-state index contributed by atoms with van der Waals surface area (Å²) in [5.74, 6) is -3.51. The van der Waals surface area contributed by atoms with Gasteiger partial charge in [-0.3, -0.25) is 14.4 Å². The Bertz CT molecular complexity index is 942. The fraction of sp³-hybridized carbons (Fsp3) is 0.500. The smallest absolute Gasteiger partial charge is 0.373 e. The highest BCUT2D eigenvalue weighted by Gasteiger charge is 2.49. The fourth-order valence-corrected chi connectivity index (χ4v) is 3.51. The summed E-state index contributed by atoms with van der Waals surface area (Å²) in [5.41, 5.74) is 0.603. The molecule has 192 valence electrons. The first-order valence-electron chi connectivity index (χ1n) is 11.0. The highest BCUT2D eigenvalue weighted by Crippen LogP contribution is 2.33. The van der Waals surface area contributed by atoms with E-state index in [0.29, 0.717) is 10.6 Å². The highest BCUT2D eigenvalue weighted by molar-refractivity contribution is 6.30. The van der Waals surface area contributed by atoms with Crippen LogP contribution in [0.4, 0.5) is 0 Å². The van der Waals surface area contributed by atoms with E-state index in [1.807, 2.05) is 0 Å². The molecule has 10 nitrogen and oxygen atoms in total. The normalized spacial score (nSPS) is 24.2. The summed E-state index contributed by atoms with van der Waals surface area (Å²) in [6, 6.07) is 6.65. The predicted octanol–water partition coefficient (Wildman–Crippen LogP) is 3.05. The number of hydrogen-bond acceptors (Lipinski definition) is 10. The summed E-state index contributed by atoms with van der Waals surface area (Å²) < 4.78 is 32.8. The minimum absolute atomic E-state index is 0.0981. The second-order valence-electron chi connectivity index (χ2n) is 7.75. The van der Waals surface area contributed by atoms with E-state index >= 15 is 0 Å². The van der Waals surface area contributed by atoms with Gasteiger partial charge in [0.2, 0.25) is 12.0 Å². The van der Waals surface area contributed by atoms with Crippen LogP contribution in [0.1, 0.15) is 40.2 Å². The molecule has 1 fully saturated rings. The van der Waals surface area contributed by atoms with Gasteiger partial charge in [0.05, 0.1) is 12.5 Å². The van der Waals surface area contributed by atoms with Gasteiger partial charge in [0.1, 0.15) is 18.8 Å². The van der Waals surface area contributed by atoms with Crippen molar-refractivity contribution in [3.8, 4) is 0 Å². The Balaban J connectivity index is 2.42. The van der Waals surface area contributed by atoms with Crippen LogP contribution < -0.4 is 0 Å². The molecule has 35 heavy (non-hydrogen) atoms. The standard InChI is InChI=1S/C24H29ClO10/c1-6-30-23(29)19(11-17-7-9-18(25)10-8-17)34-24-13(2)21(32-15(4)27)22(33-16(5)28)20(35-24)12-31-14(3)26/h7-11,13,20-22,24H,6,12H2,1-5H3/b19-11-/t13-,20-,21-,22-,24-/m0/s1. The third-order valence-corrected chi connectivity index (χ3v) is 5.14. The first kappa shape index (κ1) is 28.1. The van der Waals surface area contributed by atoms with E-state index in [0.717, 1.165) is 0 Å². The van der Waals surface area contributed by atoms with Gasteiger partial charge < -0.3 is 28.4 Å². The van der Waals surface area contributed by atoms with Crippen LogP contribution in [0.3, 0.4) is 0 Å². The third kappa shape index (κ3) is 8.56. The largest absolute Gasteiger partial charge is 0.463 e. The molecule has 5 atom stereocenters. The molecule has 1 saturated heterocycles. The molecule has 1 aliphatic heterocycles. The number of halogens is 1. The number of hydrogen-bond donors (Lipinski definition) is 0. The molecule has 0 saturated carbocycles. The summed E-state index contributed by atoms with van der Waals surface area (Å²) in [6.07, 6.45) is -2.86. The number of carbonyl (C=O) groups is 4. The van der Waals surface area contributed by atoms with Crippen molar-refractivity contribution in [2.75, 3.05) is 13.2 Å². The monoisotopic (exact) mass is 512 g/mol. The molecule has 1 aliphatic rings. The molecule has 0 radical (unpaired) electrons. The summed E-state index contributed by atoms with van der Waals surface area (Å²) in [5, 5.41) is 0.513. The molecule has 0 spiro atoms. The minimum Gasteiger partial charge on any atom is -0.463 e. The quantitative estimate of drug-likeness (QED) is 0.211. The Labute approximate surface area is 208 Å². The SMILES string of the molecule is CCOC(=O)/C(=C/c1ccc(Cl)cc1)O[C@H]1O[C@@H](COC(C)=O)[C@H](OC(C)=O)[C@@H](OC(C)=O)[C@@H]1C. The van der Waals surface area contributed by atoms with Gasteiger partial charge in [-0.2, -0.15) is 0 Å². The average molecular weight is 513 g/mol. The lowest BCUT2D eigenvalue weighted by atomic mass is 9.91. The van der Waals surface area contributed by atoms with Crippen molar-refractivity contribution in [1.29, 1.82) is 0 Å². The third-order valence-electron chi connectivity index (χ3n) is 4.89. The van der Waals surface area contributed by atoms with Crippen LogP contribution in [0.15, 0.2) is 30.0 Å². The van der Waals surface area contributed by atoms with Gasteiger partial charge in [0, 0.05) is 25.8 Å². The fourth-order valence-electron chi connectivity index (χ4n) is 3.39. The summed E-state index contributed by atoms with van der Waals surface area (Å²) >= 11 is 5.93. The summed E-state index contributed by atoms with van der Waals surface area (Å²) in [4.78, 5) is 47.6. The van der Waals surface area contributed by atoms with Crippen molar-refractivity contribution in [3.05, 3.63) is 40.6 Å². The molecule has 0 unspecified atom stereocenters. The van der Waals surface area contributed by atoms with Crippen LogP contribution in [0.25, 0.3) is 6.08 Å². The van der Waals surface area contributed by atoms with Crippen molar-refractivity contribution < 1.29 is 47.6 Å². The zero-order chi connectivity index (χ0) is 26.1. The molecule has 1 aromatic carbocycles. The molecule has 11 heteroatoms. The Hall–Kier alpha value is -3.11. The van der Waals surface area contributed by atoms with Gasteiger partial charge in [0.25, 0.3) is 0 Å². The zero-order valence-corrected chi connectivity index (χ0v) is 20.9. The minimum atomic E-state index is -1.16. The molecule has 1 heterocycles. The number of rotatable bonds is 9. The van der Waals surface area contributed by atoms with Crippen LogP contribution in [-0.4, -0.2) is 61.7 Å². The van der Waals surface area contributed by atoms with E-state index < -0.39 is 54.4 Å². The number of esters is 4. The second-order valence-corrected chi connectivity index (χ2v) is 8.19. The van der Waals surface area contributed by atoms with Gasteiger partial charge in [-0.05, 0) is 30.7 Å². The van der Waals surface area contributed by atoms with Gasteiger partial charge in [-0.1, -0.05) is 30.7 Å². The molecular weight excluding hydrogens is 484 g/mol. The maximum absolute atomic E-state index is 12.6. The number of ether oxygens (including phenoxy) is 6. The van der Waals surface area contributed by atoms with Crippen LogP contribution in [-0.2, 0) is 47.6 Å². The molecule has 2 rings (SSSR count). The van der Waals surface area contributed by atoms with E-state index in [-0.39, 0.29) is 19.0 Å². The van der Waals surface area contributed by atoms with Crippen molar-refractivity contribution in [2.45, 2.75) is 59.2 Å². The Morgan fingerprint density at radius 3 is 2.06 bits per heavy atom. The molecular formula is C24H29ClO10. The van der Waals surface area contributed by atoms with E-state index in [4.69, 9.17) is 40.0 Å². The van der Waals surface area contributed by atoms with Gasteiger partial charge in [-0.25, -0.2) is 4.79 Å². The Morgan fingerprint density at radius 1 is 0.914 bits per heavy atom. The molecule has 0 N–H and O–H groups in total. The van der Waals surface area contributed by atoms with Crippen molar-refractivity contribution >= 4 is 41.6 Å². The van der Waals surface area contributed by atoms with Crippen LogP contribution >= 0.6 is 11.6 Å². The lowest BCUT2D eigenvalue weighted by Gasteiger charge is -2.43. The lowest BCUT2D eigenvalue weighted by Crippen LogP contribution is -2.58. The summed E-state index contributed by atoms with van der Waals surface area (Å²) in [7, 11) is 0. The number of carbonyl (C=O) groups excluding carboxylic acids is 4. The number of benzene rings is 1. The van der Waals surface area contributed by atoms with Gasteiger partial charge in [-0.15, -0.1) is 0 Å². The first-order valence-corrected chi connectivity index (χ1v) is 11.3. The van der Waals surface area contributed by atoms with Crippen molar-refractivity contribution in [3.63, 3.8) is 0 Å². The maximum Gasteiger partial charge on any atom is 0.373 e. The topological polar surface area (TPSA) is 124 Å². The second kappa shape index (κ2) is 13.1. The Morgan fingerprint density at radius 2 is 1.51 bits per heavy atom. The van der Waals surface area contributed by atoms with Crippen LogP contribution in [0, 0.1) is 5.92 Å². The van der Waals surface area contributed by atoms with Crippen LogP contribution in [0.5, 0.6) is 0 Å². The first-order chi connectivity index (χ1) is 16.5. The van der Waals surface area contributed by atoms with E-state index in [2.05, 4.69) is 0 Å². The van der Waals surface area contributed by atoms with Crippen molar-refractivity contribution in [2.24, 2.45) is 5.92 Å². The predicted molar refractivity (Wildman–Crippen MR) is 123 cm³/mol.